The Hall–Kier alpha value is -1.35. The molecule has 1 aromatic rings. The van der Waals surface area contributed by atoms with Crippen molar-refractivity contribution in [3.63, 3.8) is 0 Å². The van der Waals surface area contributed by atoms with E-state index in [9.17, 15) is 4.79 Å². The van der Waals surface area contributed by atoms with Crippen LogP contribution >= 0.6 is 0 Å². The molecule has 0 aliphatic rings. The van der Waals surface area contributed by atoms with Crippen LogP contribution in [-0.4, -0.2) is 25.0 Å². The van der Waals surface area contributed by atoms with E-state index in [0.717, 1.165) is 24.3 Å². The van der Waals surface area contributed by atoms with Gasteiger partial charge in [0.25, 0.3) is 0 Å². The molecule has 0 heterocycles. The normalized spacial score (nSPS) is 11.1. The number of carbonyl (C=O) groups is 1. The minimum Gasteiger partial charge on any atom is -0.494 e. The highest BCUT2D eigenvalue weighted by Crippen LogP contribution is 2.15. The first-order valence-electron chi connectivity index (χ1n) is 7.01. The Morgan fingerprint density at radius 3 is 2.32 bits per heavy atom. The Kier molecular flexibility index (Phi) is 6.57. The van der Waals surface area contributed by atoms with Gasteiger partial charge in [-0.15, -0.1) is 0 Å². The van der Waals surface area contributed by atoms with Crippen LogP contribution in [0.3, 0.4) is 0 Å². The summed E-state index contributed by atoms with van der Waals surface area (Å²) in [7, 11) is 0. The largest absolute Gasteiger partial charge is 0.494 e. The summed E-state index contributed by atoms with van der Waals surface area (Å²) in [5.41, 5.74) is 0.754. The van der Waals surface area contributed by atoms with Gasteiger partial charge in [-0.2, -0.15) is 0 Å². The van der Waals surface area contributed by atoms with Crippen molar-refractivity contribution >= 4 is 5.78 Å². The van der Waals surface area contributed by atoms with E-state index in [1.807, 2.05) is 38.1 Å². The van der Waals surface area contributed by atoms with Gasteiger partial charge in [-0.05, 0) is 37.2 Å². The van der Waals surface area contributed by atoms with E-state index in [2.05, 4.69) is 19.2 Å². The van der Waals surface area contributed by atoms with Crippen LogP contribution in [0.4, 0.5) is 0 Å². The Bertz CT molecular complexity index is 382. The molecule has 0 radical (unpaired) electrons. The van der Waals surface area contributed by atoms with Crippen LogP contribution in [0.1, 0.15) is 44.5 Å². The number of Topliss-reactive ketones (excluding diaryl/α,β-unsaturated/α-hetero) is 1. The lowest BCUT2D eigenvalue weighted by molar-refractivity contribution is 0.0939. The fraction of sp³-hybridized carbons (Fsp3) is 0.562. The zero-order chi connectivity index (χ0) is 14.3. The van der Waals surface area contributed by atoms with Crippen molar-refractivity contribution in [1.29, 1.82) is 0 Å². The van der Waals surface area contributed by atoms with Gasteiger partial charge in [0.15, 0.2) is 5.78 Å². The van der Waals surface area contributed by atoms with Gasteiger partial charge in [0.05, 0.1) is 6.61 Å². The topological polar surface area (TPSA) is 38.3 Å². The van der Waals surface area contributed by atoms with Gasteiger partial charge in [-0.3, -0.25) is 4.79 Å². The molecule has 0 bridgehead atoms. The molecule has 0 saturated heterocycles. The summed E-state index contributed by atoms with van der Waals surface area (Å²) in [6.07, 6.45) is 0.977. The summed E-state index contributed by atoms with van der Waals surface area (Å²) in [6.45, 7) is 9.73. The Morgan fingerprint density at radius 2 is 1.79 bits per heavy atom. The smallest absolute Gasteiger partial charge is 0.165 e. The van der Waals surface area contributed by atoms with Gasteiger partial charge in [-0.1, -0.05) is 27.7 Å². The van der Waals surface area contributed by atoms with Crippen molar-refractivity contribution in [2.24, 2.45) is 5.92 Å². The SMILES string of the molecule is CC(C)NCCCOc1ccc(C(=O)C(C)C)cc1. The summed E-state index contributed by atoms with van der Waals surface area (Å²) >= 11 is 0. The molecule has 0 unspecified atom stereocenters. The summed E-state index contributed by atoms with van der Waals surface area (Å²) in [6, 6.07) is 7.92. The zero-order valence-corrected chi connectivity index (χ0v) is 12.4. The second-order valence-corrected chi connectivity index (χ2v) is 5.35. The average Bonchev–Trinajstić information content (AvgIpc) is 2.37. The molecule has 0 fully saturated rings. The number of hydrogen-bond donors (Lipinski definition) is 1. The predicted molar refractivity (Wildman–Crippen MR) is 78.9 cm³/mol. The number of ketones is 1. The highest BCUT2D eigenvalue weighted by Gasteiger charge is 2.09. The highest BCUT2D eigenvalue weighted by molar-refractivity contribution is 5.97. The number of benzene rings is 1. The molecule has 0 aliphatic carbocycles. The van der Waals surface area contributed by atoms with E-state index in [4.69, 9.17) is 4.74 Å². The van der Waals surface area contributed by atoms with E-state index in [1.54, 1.807) is 0 Å². The zero-order valence-electron chi connectivity index (χ0n) is 12.4. The minimum atomic E-state index is 0.0360. The van der Waals surface area contributed by atoms with Crippen LogP contribution in [0.5, 0.6) is 5.75 Å². The van der Waals surface area contributed by atoms with E-state index in [0.29, 0.717) is 12.6 Å². The second kappa shape index (κ2) is 7.95. The van der Waals surface area contributed by atoms with E-state index >= 15 is 0 Å². The minimum absolute atomic E-state index is 0.0360. The molecule has 0 aliphatic heterocycles. The van der Waals surface area contributed by atoms with Crippen LogP contribution in [0.15, 0.2) is 24.3 Å². The fourth-order valence-electron chi connectivity index (χ4n) is 1.70. The number of hydrogen-bond acceptors (Lipinski definition) is 3. The highest BCUT2D eigenvalue weighted by atomic mass is 16.5. The first-order chi connectivity index (χ1) is 9.00. The number of nitrogens with one attached hydrogen (secondary N) is 1. The molecule has 3 heteroatoms. The van der Waals surface area contributed by atoms with Crippen LogP contribution < -0.4 is 10.1 Å². The second-order valence-electron chi connectivity index (χ2n) is 5.35. The molecular formula is C16H25NO2. The van der Waals surface area contributed by atoms with Gasteiger partial charge in [0.1, 0.15) is 5.75 Å². The Morgan fingerprint density at radius 1 is 1.16 bits per heavy atom. The maximum atomic E-state index is 11.8. The van der Waals surface area contributed by atoms with E-state index in [-0.39, 0.29) is 11.7 Å². The summed E-state index contributed by atoms with van der Waals surface area (Å²) < 4.78 is 5.63. The third kappa shape index (κ3) is 5.88. The van der Waals surface area contributed by atoms with Gasteiger partial charge >= 0.3 is 0 Å². The third-order valence-electron chi connectivity index (χ3n) is 2.81. The third-order valence-corrected chi connectivity index (χ3v) is 2.81. The Balaban J connectivity index is 2.34. The lowest BCUT2D eigenvalue weighted by Crippen LogP contribution is -2.24. The molecule has 1 rings (SSSR count). The maximum Gasteiger partial charge on any atom is 0.165 e. The molecule has 1 aromatic carbocycles. The lowest BCUT2D eigenvalue weighted by Gasteiger charge is -2.10. The molecule has 0 saturated carbocycles. The molecule has 0 aromatic heterocycles. The molecule has 0 atom stereocenters. The molecule has 106 valence electrons. The number of carbonyl (C=O) groups excluding carboxylic acids is 1. The molecule has 0 amide bonds. The molecule has 19 heavy (non-hydrogen) atoms. The lowest BCUT2D eigenvalue weighted by atomic mass is 10.0. The van der Waals surface area contributed by atoms with Crippen molar-refractivity contribution in [2.45, 2.75) is 40.2 Å². The van der Waals surface area contributed by atoms with Crippen molar-refractivity contribution in [3.05, 3.63) is 29.8 Å². The van der Waals surface area contributed by atoms with Crippen molar-refractivity contribution < 1.29 is 9.53 Å². The first kappa shape index (κ1) is 15.7. The molecule has 1 N–H and O–H groups in total. The summed E-state index contributed by atoms with van der Waals surface area (Å²) in [5.74, 6) is 1.03. The van der Waals surface area contributed by atoms with Crippen molar-refractivity contribution in [1.82, 2.24) is 5.32 Å². The maximum absolute atomic E-state index is 11.8. The van der Waals surface area contributed by atoms with Gasteiger partial charge < -0.3 is 10.1 Å². The Labute approximate surface area is 116 Å². The van der Waals surface area contributed by atoms with Crippen LogP contribution in [-0.2, 0) is 0 Å². The van der Waals surface area contributed by atoms with Gasteiger partial charge in [0.2, 0.25) is 0 Å². The summed E-state index contributed by atoms with van der Waals surface area (Å²) in [5, 5.41) is 3.34. The number of rotatable bonds is 8. The van der Waals surface area contributed by atoms with E-state index < -0.39 is 0 Å². The van der Waals surface area contributed by atoms with E-state index in [1.165, 1.54) is 0 Å². The van der Waals surface area contributed by atoms with Crippen LogP contribution in [0, 0.1) is 5.92 Å². The fourth-order valence-corrected chi connectivity index (χ4v) is 1.70. The quantitative estimate of drug-likeness (QED) is 0.578. The first-order valence-corrected chi connectivity index (χ1v) is 7.01. The van der Waals surface area contributed by atoms with Crippen LogP contribution in [0.2, 0.25) is 0 Å². The summed E-state index contributed by atoms with van der Waals surface area (Å²) in [4.78, 5) is 11.8. The van der Waals surface area contributed by atoms with Crippen molar-refractivity contribution in [3.8, 4) is 5.75 Å². The van der Waals surface area contributed by atoms with Gasteiger partial charge in [-0.25, -0.2) is 0 Å². The molecule has 3 nitrogen and oxygen atoms in total. The molecular weight excluding hydrogens is 238 g/mol. The standard InChI is InChI=1S/C16H25NO2/c1-12(2)16(18)14-6-8-15(9-7-14)19-11-5-10-17-13(3)4/h6-9,12-13,17H,5,10-11H2,1-4H3. The average molecular weight is 263 g/mol. The molecule has 0 spiro atoms. The van der Waals surface area contributed by atoms with Crippen molar-refractivity contribution in [2.75, 3.05) is 13.2 Å². The number of ether oxygens (including phenoxy) is 1. The van der Waals surface area contributed by atoms with Crippen LogP contribution in [0.25, 0.3) is 0 Å². The predicted octanol–water partition coefficient (Wildman–Crippen LogP) is 3.29. The van der Waals surface area contributed by atoms with Gasteiger partial charge in [0, 0.05) is 17.5 Å². The monoisotopic (exact) mass is 263 g/mol.